The van der Waals surface area contributed by atoms with Gasteiger partial charge in [-0.3, -0.25) is 0 Å². The number of anilines is 2. The van der Waals surface area contributed by atoms with Gasteiger partial charge in [-0.1, -0.05) is 44.2 Å². The first-order valence-corrected chi connectivity index (χ1v) is 10.7. The first-order valence-electron chi connectivity index (χ1n) is 10.7. The van der Waals surface area contributed by atoms with Gasteiger partial charge < -0.3 is 20.3 Å². The smallest absolute Gasteiger partial charge is 0.304 e. The molecule has 1 heterocycles. The Kier molecular flexibility index (Phi) is 7.98. The fraction of sp³-hybridized carbons (Fsp3) is 0.636. The summed E-state index contributed by atoms with van der Waals surface area (Å²) in [7, 11) is 1.50. The Hall–Kier alpha value is -2.26. The normalized spacial score (nSPS) is 20.6. The highest BCUT2D eigenvalue weighted by molar-refractivity contribution is 5.93. The van der Waals surface area contributed by atoms with Crippen LogP contribution in [-0.2, 0) is 4.74 Å². The molecule has 3 rings (SSSR count). The maximum Gasteiger partial charge on any atom is 0.304 e. The van der Waals surface area contributed by atoms with E-state index in [2.05, 4.69) is 26.6 Å². The van der Waals surface area contributed by atoms with Gasteiger partial charge in [-0.2, -0.15) is 5.26 Å². The molecule has 0 atom stereocenters. The Morgan fingerprint density at radius 3 is 2.32 bits per heavy atom. The molecule has 2 aliphatic rings. The Balaban J connectivity index is 1.55. The summed E-state index contributed by atoms with van der Waals surface area (Å²) in [6.45, 7) is 2.36. The average Bonchev–Trinajstić information content (AvgIpc) is 2.69. The van der Waals surface area contributed by atoms with Crippen molar-refractivity contribution in [3.05, 3.63) is 24.3 Å². The van der Waals surface area contributed by atoms with Gasteiger partial charge >= 0.3 is 6.02 Å². The lowest BCUT2D eigenvalue weighted by Gasteiger charge is -2.39. The average molecular weight is 384 g/mol. The van der Waals surface area contributed by atoms with E-state index >= 15 is 0 Å². The van der Waals surface area contributed by atoms with Crippen molar-refractivity contribution >= 4 is 17.4 Å². The Labute approximate surface area is 169 Å². The van der Waals surface area contributed by atoms with Crippen molar-refractivity contribution < 1.29 is 4.74 Å². The van der Waals surface area contributed by atoms with E-state index < -0.39 is 0 Å². The molecule has 28 heavy (non-hydrogen) atoms. The number of para-hydroxylation sites is 2. The number of rotatable bonds is 4. The number of nitrogens with zero attached hydrogens (tertiary/aromatic N) is 3. The summed E-state index contributed by atoms with van der Waals surface area (Å²) in [4.78, 5) is 6.39. The molecule has 2 fully saturated rings. The SMILES string of the molecule is CO/C(=N\C#N)Nc1ccccc1NC1CCN(C2CCCCCCC2)CC1. The standard InChI is InChI=1S/C22H33N5O/c1-28-22(24-17-23)26-21-12-8-7-11-20(21)25-18-13-15-27(16-14-18)19-9-5-3-2-4-6-10-19/h7-8,11-12,18-19,25H,2-6,9-10,13-16H2,1H3,(H,24,26). The van der Waals surface area contributed by atoms with Crippen LogP contribution >= 0.6 is 0 Å². The zero-order valence-electron chi connectivity index (χ0n) is 17.0. The van der Waals surface area contributed by atoms with Crippen LogP contribution in [-0.4, -0.2) is 43.2 Å². The van der Waals surface area contributed by atoms with E-state index in [1.54, 1.807) is 6.19 Å². The number of piperidine rings is 1. The summed E-state index contributed by atoms with van der Waals surface area (Å²) in [5, 5.41) is 15.5. The first-order chi connectivity index (χ1) is 13.8. The van der Waals surface area contributed by atoms with E-state index in [4.69, 9.17) is 10.00 Å². The highest BCUT2D eigenvalue weighted by Gasteiger charge is 2.25. The molecule has 1 saturated heterocycles. The maximum atomic E-state index is 8.76. The number of nitrogens with one attached hydrogen (secondary N) is 2. The molecule has 1 aromatic carbocycles. The molecular weight excluding hydrogens is 350 g/mol. The number of benzene rings is 1. The van der Waals surface area contributed by atoms with Crippen LogP contribution in [0, 0.1) is 11.5 Å². The number of nitriles is 1. The van der Waals surface area contributed by atoms with Gasteiger partial charge in [0.15, 0.2) is 0 Å². The van der Waals surface area contributed by atoms with Crippen LogP contribution < -0.4 is 10.6 Å². The number of aliphatic imine (C=N–C) groups is 1. The minimum Gasteiger partial charge on any atom is -0.468 e. The van der Waals surface area contributed by atoms with Crippen molar-refractivity contribution in [2.24, 2.45) is 4.99 Å². The summed E-state index contributed by atoms with van der Waals surface area (Å²) in [6.07, 6.45) is 13.9. The first kappa shape index (κ1) is 20.5. The molecule has 0 bridgehead atoms. The lowest BCUT2D eigenvalue weighted by molar-refractivity contribution is 0.133. The third-order valence-electron chi connectivity index (χ3n) is 5.99. The topological polar surface area (TPSA) is 72.7 Å². The zero-order chi connectivity index (χ0) is 19.6. The Morgan fingerprint density at radius 1 is 1.04 bits per heavy atom. The van der Waals surface area contributed by atoms with Gasteiger partial charge in [-0.05, 0) is 37.8 Å². The van der Waals surface area contributed by atoms with Crippen LogP contribution in [0.15, 0.2) is 29.3 Å². The second-order valence-corrected chi connectivity index (χ2v) is 7.85. The minimum absolute atomic E-state index is 0.204. The molecule has 0 radical (unpaired) electrons. The lowest BCUT2D eigenvalue weighted by atomic mass is 9.93. The van der Waals surface area contributed by atoms with Crippen molar-refractivity contribution in [3.8, 4) is 6.19 Å². The van der Waals surface area contributed by atoms with E-state index in [-0.39, 0.29) is 6.02 Å². The molecule has 6 heteroatoms. The van der Waals surface area contributed by atoms with Crippen LogP contribution in [0.5, 0.6) is 0 Å². The Bertz CT molecular complexity index is 668. The number of hydrogen-bond donors (Lipinski definition) is 2. The number of hydrogen-bond acceptors (Lipinski definition) is 5. The molecule has 0 aromatic heterocycles. The molecule has 1 aliphatic carbocycles. The molecule has 0 unspecified atom stereocenters. The van der Waals surface area contributed by atoms with E-state index in [0.717, 1.165) is 30.3 Å². The predicted molar refractivity (Wildman–Crippen MR) is 114 cm³/mol. The van der Waals surface area contributed by atoms with E-state index in [9.17, 15) is 0 Å². The fourth-order valence-corrected chi connectivity index (χ4v) is 4.43. The van der Waals surface area contributed by atoms with Gasteiger partial charge in [0.25, 0.3) is 0 Å². The van der Waals surface area contributed by atoms with Crippen LogP contribution in [0.4, 0.5) is 11.4 Å². The van der Waals surface area contributed by atoms with Crippen molar-refractivity contribution in [1.82, 2.24) is 4.90 Å². The van der Waals surface area contributed by atoms with E-state index in [0.29, 0.717) is 6.04 Å². The summed E-state index contributed by atoms with van der Waals surface area (Å²) < 4.78 is 5.12. The van der Waals surface area contributed by atoms with Gasteiger partial charge in [0.1, 0.15) is 0 Å². The monoisotopic (exact) mass is 383 g/mol. The molecule has 152 valence electrons. The summed E-state index contributed by atoms with van der Waals surface area (Å²) in [5.74, 6) is 0. The summed E-state index contributed by atoms with van der Waals surface area (Å²) in [5.41, 5.74) is 1.90. The van der Waals surface area contributed by atoms with Crippen LogP contribution in [0.2, 0.25) is 0 Å². The van der Waals surface area contributed by atoms with Crippen molar-refractivity contribution in [2.45, 2.75) is 69.9 Å². The van der Waals surface area contributed by atoms with Crippen molar-refractivity contribution in [2.75, 3.05) is 30.8 Å². The van der Waals surface area contributed by atoms with Gasteiger partial charge in [-0.15, -0.1) is 4.99 Å². The number of ether oxygens (including phenoxy) is 1. The number of amidine groups is 1. The third-order valence-corrected chi connectivity index (χ3v) is 5.99. The maximum absolute atomic E-state index is 8.76. The van der Waals surface area contributed by atoms with Crippen molar-refractivity contribution in [3.63, 3.8) is 0 Å². The highest BCUT2D eigenvalue weighted by atomic mass is 16.5. The highest BCUT2D eigenvalue weighted by Crippen LogP contribution is 2.27. The van der Waals surface area contributed by atoms with Crippen LogP contribution in [0.1, 0.15) is 57.8 Å². The zero-order valence-corrected chi connectivity index (χ0v) is 17.0. The largest absolute Gasteiger partial charge is 0.468 e. The second-order valence-electron chi connectivity index (χ2n) is 7.85. The number of likely N-dealkylation sites (tertiary alicyclic amines) is 1. The van der Waals surface area contributed by atoms with Gasteiger partial charge in [0.2, 0.25) is 6.19 Å². The molecule has 6 nitrogen and oxygen atoms in total. The van der Waals surface area contributed by atoms with Gasteiger partial charge in [-0.25, -0.2) is 0 Å². The molecular formula is C22H33N5O. The van der Waals surface area contributed by atoms with Crippen LogP contribution in [0.25, 0.3) is 0 Å². The molecule has 1 saturated carbocycles. The van der Waals surface area contributed by atoms with E-state index in [1.807, 2.05) is 18.2 Å². The number of methoxy groups -OCH3 is 1. The summed E-state index contributed by atoms with van der Waals surface area (Å²) >= 11 is 0. The Morgan fingerprint density at radius 2 is 1.68 bits per heavy atom. The quantitative estimate of drug-likeness (QED) is 0.453. The van der Waals surface area contributed by atoms with Crippen molar-refractivity contribution in [1.29, 1.82) is 5.26 Å². The molecule has 0 spiro atoms. The fourth-order valence-electron chi connectivity index (χ4n) is 4.43. The van der Waals surface area contributed by atoms with Gasteiger partial charge in [0.05, 0.1) is 18.5 Å². The molecule has 1 aromatic rings. The third kappa shape index (κ3) is 5.87. The van der Waals surface area contributed by atoms with Crippen LogP contribution in [0.3, 0.4) is 0 Å². The van der Waals surface area contributed by atoms with E-state index in [1.165, 1.54) is 65.1 Å². The summed E-state index contributed by atoms with van der Waals surface area (Å²) in [6, 6.07) is 9.47. The molecule has 1 aliphatic heterocycles. The lowest BCUT2D eigenvalue weighted by Crippen LogP contribution is -2.44. The van der Waals surface area contributed by atoms with Gasteiger partial charge in [0, 0.05) is 25.2 Å². The minimum atomic E-state index is 0.204. The molecule has 2 N–H and O–H groups in total. The molecule has 0 amide bonds. The predicted octanol–water partition coefficient (Wildman–Crippen LogP) is 4.57. The second kappa shape index (κ2) is 10.9.